The van der Waals surface area contributed by atoms with E-state index in [1.165, 1.54) is 16.4 Å². The minimum atomic E-state index is -0.156. The number of nitrogens with zero attached hydrogens (tertiary/aromatic N) is 5. The molecule has 0 spiro atoms. The topological polar surface area (TPSA) is 73.6 Å². The van der Waals surface area contributed by atoms with Gasteiger partial charge in [-0.15, -0.1) is 16.4 Å². The molecule has 0 amide bonds. The van der Waals surface area contributed by atoms with Crippen molar-refractivity contribution in [3.8, 4) is 11.1 Å². The Morgan fingerprint density at radius 2 is 1.82 bits per heavy atom. The average molecular weight is 403 g/mol. The Morgan fingerprint density at radius 3 is 2.71 bits per heavy atom. The van der Waals surface area contributed by atoms with Crippen LogP contribution in [0.15, 0.2) is 76.1 Å². The van der Waals surface area contributed by atoms with Crippen molar-refractivity contribution in [3.63, 3.8) is 0 Å². The van der Waals surface area contributed by atoms with Gasteiger partial charge in [0.15, 0.2) is 0 Å². The van der Waals surface area contributed by atoms with E-state index in [0.29, 0.717) is 16.8 Å². The molecule has 136 valence electrons. The van der Waals surface area contributed by atoms with E-state index >= 15 is 0 Å². The van der Waals surface area contributed by atoms with Gasteiger partial charge in [0, 0.05) is 10.9 Å². The fourth-order valence-corrected chi connectivity index (χ4v) is 4.88. The van der Waals surface area contributed by atoms with Gasteiger partial charge in [-0.1, -0.05) is 59.4 Å². The highest BCUT2D eigenvalue weighted by molar-refractivity contribution is 7.98. The lowest BCUT2D eigenvalue weighted by atomic mass is 10.1. The first-order valence-electron chi connectivity index (χ1n) is 8.54. The van der Waals surface area contributed by atoms with Gasteiger partial charge in [-0.05, 0) is 17.7 Å². The molecule has 0 unspecified atom stereocenters. The SMILES string of the molecule is O=c1c2ccccc2nnn1CSc1ncnc2scc(-c3ccccc3)c12. The average Bonchev–Trinajstić information content (AvgIpc) is 3.19. The highest BCUT2D eigenvalue weighted by Crippen LogP contribution is 2.37. The lowest BCUT2D eigenvalue weighted by molar-refractivity contribution is 0.644. The molecule has 0 aliphatic heterocycles. The maximum Gasteiger partial charge on any atom is 0.278 e. The van der Waals surface area contributed by atoms with Crippen LogP contribution in [0.5, 0.6) is 0 Å². The monoisotopic (exact) mass is 403 g/mol. The third kappa shape index (κ3) is 2.96. The molecule has 28 heavy (non-hydrogen) atoms. The van der Waals surface area contributed by atoms with E-state index in [2.05, 4.69) is 37.8 Å². The van der Waals surface area contributed by atoms with Gasteiger partial charge >= 0.3 is 0 Å². The number of thiophene rings is 1. The zero-order chi connectivity index (χ0) is 18.9. The van der Waals surface area contributed by atoms with Crippen LogP contribution in [-0.2, 0) is 5.88 Å². The molecule has 0 N–H and O–H groups in total. The highest BCUT2D eigenvalue weighted by atomic mass is 32.2. The zero-order valence-electron chi connectivity index (χ0n) is 14.5. The summed E-state index contributed by atoms with van der Waals surface area (Å²) >= 11 is 3.04. The largest absolute Gasteiger partial charge is 0.278 e. The molecule has 0 radical (unpaired) electrons. The van der Waals surface area contributed by atoms with Crippen molar-refractivity contribution in [2.75, 3.05) is 0 Å². The Hall–Kier alpha value is -3.10. The van der Waals surface area contributed by atoms with Crippen molar-refractivity contribution >= 4 is 44.2 Å². The van der Waals surface area contributed by atoms with Crippen LogP contribution in [0.4, 0.5) is 0 Å². The summed E-state index contributed by atoms with van der Waals surface area (Å²) in [5.74, 6) is 0.326. The van der Waals surface area contributed by atoms with E-state index in [-0.39, 0.29) is 5.56 Å². The predicted octanol–water partition coefficient (Wildman–Crippen LogP) is 4.21. The predicted molar refractivity (Wildman–Crippen MR) is 113 cm³/mol. The fourth-order valence-electron chi connectivity index (χ4n) is 3.02. The number of aromatic nitrogens is 5. The van der Waals surface area contributed by atoms with Crippen LogP contribution in [0.3, 0.4) is 0 Å². The number of hydrogen-bond donors (Lipinski definition) is 0. The highest BCUT2D eigenvalue weighted by Gasteiger charge is 2.14. The molecule has 0 aliphatic carbocycles. The maximum absolute atomic E-state index is 12.7. The summed E-state index contributed by atoms with van der Waals surface area (Å²) in [6, 6.07) is 17.4. The number of rotatable bonds is 4. The maximum atomic E-state index is 12.7. The minimum Gasteiger partial charge on any atom is -0.267 e. The molecule has 0 fully saturated rings. The van der Waals surface area contributed by atoms with Crippen LogP contribution < -0.4 is 5.56 Å². The van der Waals surface area contributed by atoms with Crippen LogP contribution >= 0.6 is 23.1 Å². The van der Waals surface area contributed by atoms with Crippen LogP contribution in [0, 0.1) is 0 Å². The molecule has 3 heterocycles. The summed E-state index contributed by atoms with van der Waals surface area (Å²) in [5.41, 5.74) is 2.66. The van der Waals surface area contributed by atoms with Gasteiger partial charge in [-0.25, -0.2) is 9.97 Å². The standard InChI is InChI=1S/C20H13N5OS2/c26-20-14-8-4-5-9-16(14)23-24-25(20)12-28-19-17-15(13-6-2-1-3-7-13)10-27-18(17)21-11-22-19/h1-11H,12H2. The summed E-state index contributed by atoms with van der Waals surface area (Å²) in [4.78, 5) is 22.5. The molecule has 5 aromatic rings. The fraction of sp³-hybridized carbons (Fsp3) is 0.0500. The normalized spacial score (nSPS) is 11.3. The second kappa shape index (κ2) is 7.14. The van der Waals surface area contributed by atoms with Gasteiger partial charge in [0.05, 0.1) is 16.6 Å². The smallest absolute Gasteiger partial charge is 0.267 e. The minimum absolute atomic E-state index is 0.156. The molecule has 3 aromatic heterocycles. The summed E-state index contributed by atoms with van der Waals surface area (Å²) in [5, 5.41) is 12.7. The summed E-state index contributed by atoms with van der Waals surface area (Å²) in [6.45, 7) is 0. The number of fused-ring (bicyclic) bond motifs is 2. The Morgan fingerprint density at radius 1 is 1.00 bits per heavy atom. The summed E-state index contributed by atoms with van der Waals surface area (Å²) in [6.07, 6.45) is 1.56. The van der Waals surface area contributed by atoms with E-state index in [1.54, 1.807) is 29.8 Å². The van der Waals surface area contributed by atoms with Crippen molar-refractivity contribution < 1.29 is 0 Å². The molecular formula is C20H13N5OS2. The third-order valence-corrected chi connectivity index (χ3v) is 6.22. The molecule has 0 bridgehead atoms. The Bertz CT molecular complexity index is 1350. The summed E-state index contributed by atoms with van der Waals surface area (Å²) in [7, 11) is 0. The van der Waals surface area contributed by atoms with Gasteiger partial charge in [-0.2, -0.15) is 4.68 Å². The van der Waals surface area contributed by atoms with Crippen molar-refractivity contribution in [2.45, 2.75) is 10.9 Å². The van der Waals surface area contributed by atoms with Crippen molar-refractivity contribution in [1.29, 1.82) is 0 Å². The first-order valence-corrected chi connectivity index (χ1v) is 10.4. The number of hydrogen-bond acceptors (Lipinski definition) is 7. The molecule has 8 heteroatoms. The molecule has 0 saturated carbocycles. The summed E-state index contributed by atoms with van der Waals surface area (Å²) < 4.78 is 1.37. The second-order valence-corrected chi connectivity index (χ2v) is 7.85. The Labute approximate surface area is 167 Å². The van der Waals surface area contributed by atoms with Crippen LogP contribution in [0.1, 0.15) is 0 Å². The van der Waals surface area contributed by atoms with Crippen molar-refractivity contribution in [3.05, 3.63) is 76.7 Å². The Balaban J connectivity index is 1.54. The molecular weight excluding hydrogens is 390 g/mol. The quantitative estimate of drug-likeness (QED) is 0.331. The van der Waals surface area contributed by atoms with Gasteiger partial charge in [0.2, 0.25) is 0 Å². The van der Waals surface area contributed by atoms with E-state index in [4.69, 9.17) is 0 Å². The third-order valence-electron chi connectivity index (χ3n) is 4.37. The molecule has 6 nitrogen and oxygen atoms in total. The molecule has 5 rings (SSSR count). The number of benzene rings is 2. The van der Waals surface area contributed by atoms with Crippen LogP contribution in [0.25, 0.3) is 32.2 Å². The molecule has 2 aromatic carbocycles. The van der Waals surface area contributed by atoms with E-state index in [9.17, 15) is 4.79 Å². The second-order valence-electron chi connectivity index (χ2n) is 6.06. The number of thioether (sulfide) groups is 1. The van der Waals surface area contributed by atoms with E-state index < -0.39 is 0 Å². The lowest BCUT2D eigenvalue weighted by Crippen LogP contribution is -2.23. The molecule has 0 saturated heterocycles. The van der Waals surface area contributed by atoms with Crippen molar-refractivity contribution in [1.82, 2.24) is 25.0 Å². The van der Waals surface area contributed by atoms with Crippen LogP contribution in [-0.4, -0.2) is 25.0 Å². The van der Waals surface area contributed by atoms with Gasteiger partial charge in [0.25, 0.3) is 5.56 Å². The molecule has 0 aliphatic rings. The Kier molecular flexibility index (Phi) is 4.34. The first-order chi connectivity index (χ1) is 13.8. The van der Waals surface area contributed by atoms with E-state index in [1.807, 2.05) is 30.3 Å². The van der Waals surface area contributed by atoms with Gasteiger partial charge in [0.1, 0.15) is 21.7 Å². The van der Waals surface area contributed by atoms with Crippen molar-refractivity contribution in [2.24, 2.45) is 0 Å². The molecule has 0 atom stereocenters. The first kappa shape index (κ1) is 17.0. The zero-order valence-corrected chi connectivity index (χ0v) is 16.2. The lowest BCUT2D eigenvalue weighted by Gasteiger charge is -2.07. The van der Waals surface area contributed by atoms with Crippen LogP contribution in [0.2, 0.25) is 0 Å². The van der Waals surface area contributed by atoms with Gasteiger partial charge < -0.3 is 0 Å². The van der Waals surface area contributed by atoms with Gasteiger partial charge in [-0.3, -0.25) is 4.79 Å². The van der Waals surface area contributed by atoms with E-state index in [0.717, 1.165) is 26.4 Å².